The number of amides is 1. The molecule has 3 aromatic carbocycles. The van der Waals surface area contributed by atoms with Crippen LogP contribution in [-0.4, -0.2) is 26.4 Å². The van der Waals surface area contributed by atoms with Gasteiger partial charge in [-0.3, -0.25) is 14.9 Å². The standard InChI is InChI=1S/C23H16BrN3O7S/c1-33-18-8-9-20(21(13-18)27(29)30)26-23(28)16(14-25)11-15-12-17(24)7-10-22(15)34-35(31,32)19-5-3-2-4-6-19/h2-13H,1H3,(H,26,28)/b16-11+. The highest BCUT2D eigenvalue weighted by Gasteiger charge is 2.21. The van der Waals surface area contributed by atoms with Crippen LogP contribution in [0.15, 0.2) is 81.7 Å². The van der Waals surface area contributed by atoms with Crippen molar-refractivity contribution in [3.8, 4) is 17.6 Å². The Morgan fingerprint density at radius 1 is 1.14 bits per heavy atom. The van der Waals surface area contributed by atoms with E-state index in [1.807, 2.05) is 0 Å². The van der Waals surface area contributed by atoms with E-state index >= 15 is 0 Å². The largest absolute Gasteiger partial charge is 0.496 e. The topological polar surface area (TPSA) is 149 Å². The minimum absolute atomic E-state index is 0.0806. The summed E-state index contributed by atoms with van der Waals surface area (Å²) in [6.45, 7) is 0. The van der Waals surface area contributed by atoms with Crippen molar-refractivity contribution in [2.45, 2.75) is 4.90 Å². The maximum atomic E-state index is 12.8. The first kappa shape index (κ1) is 25.4. The van der Waals surface area contributed by atoms with Crippen molar-refractivity contribution in [3.05, 3.63) is 92.5 Å². The Bertz CT molecular complexity index is 1470. The molecule has 0 aliphatic heterocycles. The number of carbonyl (C=O) groups is 1. The Balaban J connectivity index is 1.96. The highest BCUT2D eigenvalue weighted by molar-refractivity contribution is 9.10. The number of hydrogen-bond acceptors (Lipinski definition) is 8. The van der Waals surface area contributed by atoms with E-state index in [-0.39, 0.29) is 27.6 Å². The van der Waals surface area contributed by atoms with Crippen molar-refractivity contribution in [3.63, 3.8) is 0 Å². The third-order valence-electron chi connectivity index (χ3n) is 4.52. The fourth-order valence-electron chi connectivity index (χ4n) is 2.85. The zero-order chi connectivity index (χ0) is 25.6. The molecule has 0 radical (unpaired) electrons. The second kappa shape index (κ2) is 10.8. The summed E-state index contributed by atoms with van der Waals surface area (Å²) < 4.78 is 36.0. The fraction of sp³-hybridized carbons (Fsp3) is 0.0435. The third-order valence-corrected chi connectivity index (χ3v) is 6.26. The lowest BCUT2D eigenvalue weighted by molar-refractivity contribution is -0.384. The molecule has 0 unspecified atom stereocenters. The van der Waals surface area contributed by atoms with Crippen molar-refractivity contribution in [1.82, 2.24) is 0 Å². The van der Waals surface area contributed by atoms with Crippen LogP contribution >= 0.6 is 15.9 Å². The number of benzene rings is 3. The quantitative estimate of drug-likeness (QED) is 0.138. The van der Waals surface area contributed by atoms with Crippen LogP contribution in [0.3, 0.4) is 0 Å². The van der Waals surface area contributed by atoms with Crippen LogP contribution in [-0.2, 0) is 14.9 Å². The molecule has 1 N–H and O–H groups in total. The highest BCUT2D eigenvalue weighted by Crippen LogP contribution is 2.31. The van der Waals surface area contributed by atoms with Gasteiger partial charge in [-0.15, -0.1) is 0 Å². The van der Waals surface area contributed by atoms with Crippen LogP contribution in [0.5, 0.6) is 11.5 Å². The van der Waals surface area contributed by atoms with Crippen molar-refractivity contribution >= 4 is 49.4 Å². The molecule has 0 aromatic heterocycles. The second-order valence-electron chi connectivity index (χ2n) is 6.80. The minimum Gasteiger partial charge on any atom is -0.496 e. The van der Waals surface area contributed by atoms with E-state index in [0.717, 1.165) is 12.1 Å². The highest BCUT2D eigenvalue weighted by atomic mass is 79.9. The normalized spacial score (nSPS) is 11.3. The molecule has 0 saturated heterocycles. The van der Waals surface area contributed by atoms with E-state index in [9.17, 15) is 28.6 Å². The summed E-state index contributed by atoms with van der Waals surface area (Å²) in [6.07, 6.45) is 1.12. The first-order valence-electron chi connectivity index (χ1n) is 9.69. The molecule has 0 spiro atoms. The SMILES string of the molecule is COc1ccc(NC(=O)/C(C#N)=C/c2cc(Br)ccc2OS(=O)(=O)c2ccccc2)c([N+](=O)[O-])c1. The molecule has 0 atom stereocenters. The van der Waals surface area contributed by atoms with Gasteiger partial charge in [0.25, 0.3) is 11.6 Å². The van der Waals surface area contributed by atoms with Crippen LogP contribution in [0, 0.1) is 21.4 Å². The van der Waals surface area contributed by atoms with Gasteiger partial charge in [0.1, 0.15) is 33.7 Å². The Hall–Kier alpha value is -4.21. The minimum atomic E-state index is -4.20. The van der Waals surface area contributed by atoms with E-state index in [1.165, 1.54) is 61.7 Å². The Morgan fingerprint density at radius 3 is 2.49 bits per heavy atom. The lowest BCUT2D eigenvalue weighted by Crippen LogP contribution is -2.15. The lowest BCUT2D eigenvalue weighted by atomic mass is 10.1. The number of ether oxygens (including phenoxy) is 1. The average Bonchev–Trinajstić information content (AvgIpc) is 2.84. The number of carbonyl (C=O) groups excluding carboxylic acids is 1. The van der Waals surface area contributed by atoms with Crippen molar-refractivity contribution in [1.29, 1.82) is 5.26 Å². The molecule has 0 bridgehead atoms. The predicted molar refractivity (Wildman–Crippen MR) is 130 cm³/mol. The number of halogens is 1. The van der Waals surface area contributed by atoms with Gasteiger partial charge in [0, 0.05) is 10.0 Å². The Labute approximate surface area is 208 Å². The van der Waals surface area contributed by atoms with Crippen LogP contribution < -0.4 is 14.2 Å². The monoisotopic (exact) mass is 557 g/mol. The third kappa shape index (κ3) is 6.23. The van der Waals surface area contributed by atoms with Crippen LogP contribution in [0.4, 0.5) is 11.4 Å². The molecular formula is C23H16BrN3O7S. The average molecular weight is 558 g/mol. The van der Waals surface area contributed by atoms with Crippen molar-refractivity contribution in [2.75, 3.05) is 12.4 Å². The summed E-state index contributed by atoms with van der Waals surface area (Å²) in [5.41, 5.74) is -0.931. The van der Waals surface area contributed by atoms with Crippen molar-refractivity contribution in [2.24, 2.45) is 0 Å². The van der Waals surface area contributed by atoms with Gasteiger partial charge in [0.05, 0.1) is 18.1 Å². The summed E-state index contributed by atoms with van der Waals surface area (Å²) in [5.74, 6) is -0.869. The van der Waals surface area contributed by atoms with Crippen LogP contribution in [0.1, 0.15) is 5.56 Å². The number of anilines is 1. The fourth-order valence-corrected chi connectivity index (χ4v) is 4.20. The van der Waals surface area contributed by atoms with Gasteiger partial charge in [-0.25, -0.2) is 0 Å². The predicted octanol–water partition coefficient (Wildman–Crippen LogP) is 4.68. The van der Waals surface area contributed by atoms with E-state index in [2.05, 4.69) is 21.2 Å². The first-order valence-corrected chi connectivity index (χ1v) is 11.9. The molecule has 3 aromatic rings. The molecule has 0 aliphatic carbocycles. The number of methoxy groups -OCH3 is 1. The van der Waals surface area contributed by atoms with Gasteiger partial charge in [-0.2, -0.15) is 13.7 Å². The van der Waals surface area contributed by atoms with Gasteiger partial charge in [-0.05, 0) is 48.5 Å². The number of nitrogens with zero attached hydrogens (tertiary/aromatic N) is 2. The molecule has 12 heteroatoms. The molecular weight excluding hydrogens is 542 g/mol. The number of rotatable bonds is 8. The van der Waals surface area contributed by atoms with Gasteiger partial charge in [-0.1, -0.05) is 34.1 Å². The molecule has 0 fully saturated rings. The zero-order valence-corrected chi connectivity index (χ0v) is 20.4. The second-order valence-corrected chi connectivity index (χ2v) is 9.26. The van der Waals surface area contributed by atoms with Crippen LogP contribution in [0.2, 0.25) is 0 Å². The first-order chi connectivity index (χ1) is 16.6. The van der Waals surface area contributed by atoms with E-state index in [0.29, 0.717) is 4.47 Å². The molecule has 1 amide bonds. The molecule has 0 heterocycles. The van der Waals surface area contributed by atoms with E-state index < -0.39 is 32.2 Å². The Kier molecular flexibility index (Phi) is 7.85. The number of hydrogen-bond donors (Lipinski definition) is 1. The molecule has 0 saturated carbocycles. The summed E-state index contributed by atoms with van der Waals surface area (Å²) in [7, 11) is -2.86. The molecule has 3 rings (SSSR count). The molecule has 10 nitrogen and oxygen atoms in total. The van der Waals surface area contributed by atoms with Gasteiger partial charge >= 0.3 is 10.1 Å². The van der Waals surface area contributed by atoms with Gasteiger partial charge < -0.3 is 14.2 Å². The zero-order valence-electron chi connectivity index (χ0n) is 18.0. The summed E-state index contributed by atoms with van der Waals surface area (Å²) in [4.78, 5) is 23.3. The maximum absolute atomic E-state index is 12.8. The number of nitro benzene ring substituents is 1. The summed E-state index contributed by atoms with van der Waals surface area (Å²) >= 11 is 3.26. The molecule has 0 aliphatic rings. The van der Waals surface area contributed by atoms with Crippen LogP contribution in [0.25, 0.3) is 6.08 Å². The Morgan fingerprint density at radius 2 is 1.86 bits per heavy atom. The lowest BCUT2D eigenvalue weighted by Gasteiger charge is -2.11. The van der Waals surface area contributed by atoms with Gasteiger partial charge in [0.15, 0.2) is 0 Å². The van der Waals surface area contributed by atoms with Crippen molar-refractivity contribution < 1.29 is 27.1 Å². The van der Waals surface area contributed by atoms with Gasteiger partial charge in [0.2, 0.25) is 0 Å². The number of nitriles is 1. The number of nitrogens with one attached hydrogen (secondary N) is 1. The number of nitro groups is 1. The summed E-state index contributed by atoms with van der Waals surface area (Å²) in [5, 5.41) is 23.3. The molecule has 35 heavy (non-hydrogen) atoms. The maximum Gasteiger partial charge on any atom is 0.339 e. The molecule has 178 valence electrons. The van der Waals surface area contributed by atoms with E-state index in [1.54, 1.807) is 12.1 Å². The summed E-state index contributed by atoms with van der Waals surface area (Å²) in [6, 6.07) is 17.3. The van der Waals surface area contributed by atoms with E-state index in [4.69, 9.17) is 8.92 Å². The smallest absolute Gasteiger partial charge is 0.339 e.